The van der Waals surface area contributed by atoms with Gasteiger partial charge in [-0.3, -0.25) is 4.79 Å². The number of ether oxygens (including phenoxy) is 1. The highest BCUT2D eigenvalue weighted by Crippen LogP contribution is 2.32. The normalized spacial score (nSPS) is 10.8. The molecule has 26 heavy (non-hydrogen) atoms. The molecule has 0 spiro atoms. The molecular weight excluding hydrogens is 418 g/mol. The molecule has 0 unspecified atom stereocenters. The molecule has 7 nitrogen and oxygen atoms in total. The highest BCUT2D eigenvalue weighted by molar-refractivity contribution is 9.10. The van der Waals surface area contributed by atoms with Crippen LogP contribution in [0, 0.1) is 0 Å². The molecule has 9 heteroatoms. The number of hydrogen-bond donors (Lipinski definition) is 1. The summed E-state index contributed by atoms with van der Waals surface area (Å²) in [4.78, 5) is 13.2. The zero-order chi connectivity index (χ0) is 18.1. The summed E-state index contributed by atoms with van der Waals surface area (Å²) in [7, 11) is 1.56. The van der Waals surface area contributed by atoms with Crippen molar-refractivity contribution in [2.75, 3.05) is 12.4 Å². The lowest BCUT2D eigenvalue weighted by Gasteiger charge is -2.11. The Labute approximate surface area is 160 Å². The standard InChI is InChI=1S/C17H12BrN5O2S/c1-25-14-7-4-11(16-22-23-9-19-21-17(23)26-16)8-13(14)20-15(24)10-2-5-12(18)6-3-10/h2-9H,1H3,(H,20,24). The molecule has 130 valence electrons. The van der Waals surface area contributed by atoms with E-state index in [-0.39, 0.29) is 5.91 Å². The maximum absolute atomic E-state index is 12.5. The number of nitrogens with one attached hydrogen (secondary N) is 1. The minimum atomic E-state index is -0.217. The molecule has 4 aromatic rings. The summed E-state index contributed by atoms with van der Waals surface area (Å²) in [5, 5.41) is 15.9. The Morgan fingerprint density at radius 1 is 1.23 bits per heavy atom. The molecular formula is C17H12BrN5O2S. The van der Waals surface area contributed by atoms with Crippen LogP contribution in [0.5, 0.6) is 5.75 Å². The van der Waals surface area contributed by atoms with Crippen LogP contribution in [0.4, 0.5) is 5.69 Å². The summed E-state index contributed by atoms with van der Waals surface area (Å²) in [6.07, 6.45) is 1.55. The van der Waals surface area contributed by atoms with Crippen LogP contribution >= 0.6 is 27.3 Å². The van der Waals surface area contributed by atoms with Gasteiger partial charge >= 0.3 is 0 Å². The Bertz CT molecular complexity index is 1060. The molecule has 2 aromatic carbocycles. The minimum absolute atomic E-state index is 0.217. The third-order valence-electron chi connectivity index (χ3n) is 3.69. The first-order chi connectivity index (χ1) is 12.6. The number of carbonyl (C=O) groups excluding carboxylic acids is 1. The maximum atomic E-state index is 12.5. The molecule has 0 aliphatic rings. The van der Waals surface area contributed by atoms with Gasteiger partial charge in [0.15, 0.2) is 0 Å². The van der Waals surface area contributed by atoms with Gasteiger partial charge in [-0.2, -0.15) is 9.61 Å². The van der Waals surface area contributed by atoms with Crippen LogP contribution < -0.4 is 10.1 Å². The first-order valence-corrected chi connectivity index (χ1v) is 9.17. The van der Waals surface area contributed by atoms with Crippen molar-refractivity contribution in [2.24, 2.45) is 0 Å². The summed E-state index contributed by atoms with van der Waals surface area (Å²) in [5.41, 5.74) is 1.98. The van der Waals surface area contributed by atoms with Gasteiger partial charge in [0.25, 0.3) is 5.91 Å². The number of anilines is 1. The van der Waals surface area contributed by atoms with Crippen molar-refractivity contribution < 1.29 is 9.53 Å². The average Bonchev–Trinajstić information content (AvgIpc) is 3.24. The number of amides is 1. The SMILES string of the molecule is COc1ccc(-c2nn3cnnc3s2)cc1NC(=O)c1ccc(Br)cc1. The third kappa shape index (κ3) is 3.18. The molecule has 0 saturated heterocycles. The average molecular weight is 430 g/mol. The molecule has 0 aliphatic heterocycles. The Morgan fingerprint density at radius 3 is 2.77 bits per heavy atom. The van der Waals surface area contributed by atoms with E-state index in [1.54, 1.807) is 36.2 Å². The quantitative estimate of drug-likeness (QED) is 0.532. The smallest absolute Gasteiger partial charge is 0.255 e. The monoisotopic (exact) mass is 429 g/mol. The third-order valence-corrected chi connectivity index (χ3v) is 5.18. The fraction of sp³-hybridized carbons (Fsp3) is 0.0588. The van der Waals surface area contributed by atoms with Crippen molar-refractivity contribution in [2.45, 2.75) is 0 Å². The molecule has 1 N–H and O–H groups in total. The summed E-state index contributed by atoms with van der Waals surface area (Å²) in [6.45, 7) is 0. The van der Waals surface area contributed by atoms with E-state index >= 15 is 0 Å². The lowest BCUT2D eigenvalue weighted by Crippen LogP contribution is -2.12. The highest BCUT2D eigenvalue weighted by Gasteiger charge is 2.14. The lowest BCUT2D eigenvalue weighted by molar-refractivity contribution is 0.102. The van der Waals surface area contributed by atoms with E-state index in [2.05, 4.69) is 36.5 Å². The summed E-state index contributed by atoms with van der Waals surface area (Å²) < 4.78 is 7.90. The molecule has 2 aromatic heterocycles. The van der Waals surface area contributed by atoms with E-state index in [0.717, 1.165) is 15.0 Å². The van der Waals surface area contributed by atoms with Gasteiger partial charge in [-0.25, -0.2) is 0 Å². The van der Waals surface area contributed by atoms with Crippen molar-refractivity contribution in [1.82, 2.24) is 19.8 Å². The minimum Gasteiger partial charge on any atom is -0.495 e. The van der Waals surface area contributed by atoms with Crippen molar-refractivity contribution in [3.05, 3.63) is 58.8 Å². The van der Waals surface area contributed by atoms with Gasteiger partial charge in [0, 0.05) is 15.6 Å². The van der Waals surface area contributed by atoms with Crippen LogP contribution in [0.1, 0.15) is 10.4 Å². The van der Waals surface area contributed by atoms with Crippen LogP contribution in [-0.4, -0.2) is 32.8 Å². The molecule has 0 saturated carbocycles. The van der Waals surface area contributed by atoms with Crippen LogP contribution in [0.25, 0.3) is 15.5 Å². The number of nitrogens with zero attached hydrogens (tertiary/aromatic N) is 4. The second-order valence-corrected chi connectivity index (χ2v) is 7.21. The number of benzene rings is 2. The Hall–Kier alpha value is -2.78. The van der Waals surface area contributed by atoms with Crippen molar-refractivity contribution in [1.29, 1.82) is 0 Å². The maximum Gasteiger partial charge on any atom is 0.255 e. The van der Waals surface area contributed by atoms with Gasteiger partial charge in [0.2, 0.25) is 4.96 Å². The van der Waals surface area contributed by atoms with E-state index in [9.17, 15) is 4.79 Å². The van der Waals surface area contributed by atoms with Gasteiger partial charge in [0.1, 0.15) is 17.1 Å². The van der Waals surface area contributed by atoms with Crippen LogP contribution in [0.3, 0.4) is 0 Å². The topological polar surface area (TPSA) is 81.4 Å². The first-order valence-electron chi connectivity index (χ1n) is 7.56. The number of carbonyl (C=O) groups is 1. The molecule has 0 radical (unpaired) electrons. The van der Waals surface area contributed by atoms with Gasteiger partial charge in [-0.15, -0.1) is 10.2 Å². The number of fused-ring (bicyclic) bond motifs is 1. The van der Waals surface area contributed by atoms with E-state index in [4.69, 9.17) is 4.74 Å². The Morgan fingerprint density at radius 2 is 2.04 bits per heavy atom. The van der Waals surface area contributed by atoms with Crippen LogP contribution in [-0.2, 0) is 0 Å². The molecule has 0 aliphatic carbocycles. The Balaban J connectivity index is 1.66. The van der Waals surface area contributed by atoms with Crippen molar-refractivity contribution >= 4 is 43.8 Å². The number of methoxy groups -OCH3 is 1. The lowest BCUT2D eigenvalue weighted by atomic mass is 10.1. The fourth-order valence-corrected chi connectivity index (χ4v) is 3.49. The molecule has 1 amide bonds. The Kier molecular flexibility index (Phi) is 4.39. The largest absolute Gasteiger partial charge is 0.495 e. The molecule has 0 bridgehead atoms. The van der Waals surface area contributed by atoms with Crippen molar-refractivity contribution in [3.8, 4) is 16.3 Å². The predicted octanol–water partition coefficient (Wildman–Crippen LogP) is 3.88. The van der Waals surface area contributed by atoms with E-state index in [1.165, 1.54) is 11.3 Å². The number of rotatable bonds is 4. The molecule has 0 atom stereocenters. The fourth-order valence-electron chi connectivity index (χ4n) is 2.41. The summed E-state index contributed by atoms with van der Waals surface area (Å²) >= 11 is 4.78. The van der Waals surface area contributed by atoms with Gasteiger partial charge in [0.05, 0.1) is 12.8 Å². The van der Waals surface area contributed by atoms with E-state index in [0.29, 0.717) is 22.0 Å². The first kappa shape index (κ1) is 16.7. The number of aromatic nitrogens is 4. The van der Waals surface area contributed by atoms with E-state index in [1.807, 2.05) is 24.3 Å². The van der Waals surface area contributed by atoms with Gasteiger partial charge in [-0.05, 0) is 42.5 Å². The van der Waals surface area contributed by atoms with Crippen LogP contribution in [0.2, 0.25) is 0 Å². The molecule has 0 fully saturated rings. The van der Waals surface area contributed by atoms with Crippen molar-refractivity contribution in [3.63, 3.8) is 0 Å². The van der Waals surface area contributed by atoms with Crippen LogP contribution in [0.15, 0.2) is 53.3 Å². The summed E-state index contributed by atoms with van der Waals surface area (Å²) in [6, 6.07) is 12.7. The van der Waals surface area contributed by atoms with Gasteiger partial charge in [-0.1, -0.05) is 27.3 Å². The molecule has 4 rings (SSSR count). The molecule has 2 heterocycles. The highest BCUT2D eigenvalue weighted by atomic mass is 79.9. The second-order valence-electron chi connectivity index (χ2n) is 5.34. The number of halogens is 1. The number of hydrogen-bond acceptors (Lipinski definition) is 6. The predicted molar refractivity (Wildman–Crippen MR) is 103 cm³/mol. The zero-order valence-electron chi connectivity index (χ0n) is 13.5. The summed E-state index contributed by atoms with van der Waals surface area (Å²) in [5.74, 6) is 0.355. The van der Waals surface area contributed by atoms with Gasteiger partial charge < -0.3 is 10.1 Å². The zero-order valence-corrected chi connectivity index (χ0v) is 15.9. The van der Waals surface area contributed by atoms with E-state index < -0.39 is 0 Å². The second kappa shape index (κ2) is 6.85.